The molecular formula is C18H15NO5. The van der Waals surface area contributed by atoms with Crippen molar-refractivity contribution in [2.75, 3.05) is 6.73 Å². The summed E-state index contributed by atoms with van der Waals surface area (Å²) in [5.41, 5.74) is 0.710. The molecular weight excluding hydrogens is 310 g/mol. The van der Waals surface area contributed by atoms with Gasteiger partial charge < -0.3 is 13.6 Å². The number of carbonyl (C=O) groups excluding carboxylic acids is 1. The van der Waals surface area contributed by atoms with E-state index >= 15 is 0 Å². The number of fused-ring (bicyclic) bond motifs is 3. The minimum absolute atomic E-state index is 0.0617. The first-order chi connectivity index (χ1) is 11.6. The predicted octanol–water partition coefficient (Wildman–Crippen LogP) is 2.94. The number of benzene rings is 1. The van der Waals surface area contributed by atoms with Crippen LogP contribution in [0.4, 0.5) is 0 Å². The van der Waals surface area contributed by atoms with Gasteiger partial charge in [0.15, 0.2) is 5.78 Å². The van der Waals surface area contributed by atoms with E-state index in [0.717, 1.165) is 11.3 Å². The van der Waals surface area contributed by atoms with Gasteiger partial charge in [-0.1, -0.05) is 0 Å². The van der Waals surface area contributed by atoms with Crippen molar-refractivity contribution in [3.8, 4) is 5.75 Å². The number of nitrogens with zero attached hydrogens (tertiary/aromatic N) is 1. The Morgan fingerprint density at radius 3 is 2.92 bits per heavy atom. The van der Waals surface area contributed by atoms with Gasteiger partial charge in [-0.15, -0.1) is 0 Å². The summed E-state index contributed by atoms with van der Waals surface area (Å²) in [5.74, 6) is 1.22. The van der Waals surface area contributed by atoms with Crippen LogP contribution in [-0.4, -0.2) is 17.4 Å². The van der Waals surface area contributed by atoms with Gasteiger partial charge in [-0.2, -0.15) is 0 Å². The highest BCUT2D eigenvalue weighted by molar-refractivity contribution is 5.97. The fourth-order valence-corrected chi connectivity index (χ4v) is 2.91. The third kappa shape index (κ3) is 2.51. The molecule has 122 valence electrons. The first kappa shape index (κ1) is 14.7. The first-order valence-electron chi connectivity index (χ1n) is 7.60. The SMILES string of the molecule is CC(=O)c1cc2ccc3c(c2oc1=O)CN(Cc1ccco1)CO3. The number of carbonyl (C=O) groups is 1. The molecule has 3 aromatic rings. The van der Waals surface area contributed by atoms with E-state index in [4.69, 9.17) is 13.6 Å². The Morgan fingerprint density at radius 1 is 1.29 bits per heavy atom. The lowest BCUT2D eigenvalue weighted by molar-refractivity contribution is 0.0826. The van der Waals surface area contributed by atoms with Crippen LogP contribution in [0.25, 0.3) is 11.0 Å². The van der Waals surface area contributed by atoms with Crippen LogP contribution >= 0.6 is 0 Å². The number of hydrogen-bond donors (Lipinski definition) is 0. The van der Waals surface area contributed by atoms with E-state index in [0.29, 0.717) is 36.5 Å². The summed E-state index contributed by atoms with van der Waals surface area (Å²) in [6.07, 6.45) is 1.63. The molecule has 1 aliphatic rings. The molecule has 1 aliphatic heterocycles. The lowest BCUT2D eigenvalue weighted by atomic mass is 10.1. The van der Waals surface area contributed by atoms with Crippen LogP contribution in [0.2, 0.25) is 0 Å². The summed E-state index contributed by atoms with van der Waals surface area (Å²) in [6, 6.07) is 8.95. The lowest BCUT2D eigenvalue weighted by Gasteiger charge is -2.28. The molecule has 0 saturated heterocycles. The van der Waals surface area contributed by atoms with Crippen LogP contribution in [0.3, 0.4) is 0 Å². The standard InChI is InChI=1S/C18H15NO5/c1-11(20)14-7-12-4-5-16-15(17(12)24-18(14)21)9-19(10-23-16)8-13-3-2-6-22-13/h2-7H,8-10H2,1H3. The molecule has 2 aromatic heterocycles. The Balaban J connectivity index is 1.75. The molecule has 0 bridgehead atoms. The highest BCUT2D eigenvalue weighted by Crippen LogP contribution is 2.32. The van der Waals surface area contributed by atoms with Crippen LogP contribution in [0.15, 0.2) is 50.2 Å². The number of ketones is 1. The topological polar surface area (TPSA) is 72.9 Å². The minimum atomic E-state index is -0.619. The monoisotopic (exact) mass is 325 g/mol. The number of rotatable bonds is 3. The quantitative estimate of drug-likeness (QED) is 0.544. The molecule has 0 amide bonds. The predicted molar refractivity (Wildman–Crippen MR) is 85.9 cm³/mol. The fraction of sp³-hybridized carbons (Fsp3) is 0.222. The number of hydrogen-bond acceptors (Lipinski definition) is 6. The zero-order valence-electron chi connectivity index (χ0n) is 13.1. The van der Waals surface area contributed by atoms with Crippen LogP contribution in [-0.2, 0) is 13.1 Å². The van der Waals surface area contributed by atoms with E-state index in [-0.39, 0.29) is 11.3 Å². The Labute approximate surface area is 137 Å². The second-order valence-electron chi connectivity index (χ2n) is 5.80. The van der Waals surface area contributed by atoms with E-state index in [1.54, 1.807) is 18.4 Å². The van der Waals surface area contributed by atoms with Crippen molar-refractivity contribution in [1.29, 1.82) is 0 Å². The number of furan rings is 1. The van der Waals surface area contributed by atoms with E-state index in [2.05, 4.69) is 0 Å². The van der Waals surface area contributed by atoms with Crippen LogP contribution < -0.4 is 10.4 Å². The van der Waals surface area contributed by atoms with Gasteiger partial charge in [0.05, 0.1) is 18.4 Å². The third-order valence-corrected chi connectivity index (χ3v) is 4.09. The van der Waals surface area contributed by atoms with E-state index in [9.17, 15) is 9.59 Å². The third-order valence-electron chi connectivity index (χ3n) is 4.09. The Morgan fingerprint density at radius 2 is 2.17 bits per heavy atom. The molecule has 4 rings (SSSR count). The van der Waals surface area contributed by atoms with Crippen LogP contribution in [0.5, 0.6) is 5.75 Å². The molecule has 24 heavy (non-hydrogen) atoms. The molecule has 0 unspecified atom stereocenters. The molecule has 6 nitrogen and oxygen atoms in total. The molecule has 0 radical (unpaired) electrons. The highest BCUT2D eigenvalue weighted by Gasteiger charge is 2.23. The maximum Gasteiger partial charge on any atom is 0.347 e. The highest BCUT2D eigenvalue weighted by atomic mass is 16.5. The number of Topliss-reactive ketones (excluding diaryl/α,β-unsaturated/α-hetero) is 1. The Kier molecular flexibility index (Phi) is 3.46. The van der Waals surface area contributed by atoms with Crippen molar-refractivity contribution in [2.45, 2.75) is 20.0 Å². The molecule has 3 heterocycles. The smallest absolute Gasteiger partial charge is 0.347 e. The normalized spacial score (nSPS) is 14.4. The molecule has 0 fully saturated rings. The van der Waals surface area contributed by atoms with E-state index in [1.165, 1.54) is 6.92 Å². The van der Waals surface area contributed by atoms with Gasteiger partial charge in [-0.05, 0) is 37.3 Å². The molecule has 0 aliphatic carbocycles. The van der Waals surface area contributed by atoms with Crippen LogP contribution in [0, 0.1) is 0 Å². The summed E-state index contributed by atoms with van der Waals surface area (Å²) < 4.78 is 16.6. The second kappa shape index (κ2) is 5.65. The number of ether oxygens (including phenoxy) is 1. The summed E-state index contributed by atoms with van der Waals surface area (Å²) in [5, 5.41) is 0.710. The molecule has 0 saturated carbocycles. The maximum absolute atomic E-state index is 12.0. The van der Waals surface area contributed by atoms with E-state index < -0.39 is 5.63 Å². The van der Waals surface area contributed by atoms with E-state index in [1.807, 2.05) is 23.1 Å². The van der Waals surface area contributed by atoms with Gasteiger partial charge in [0, 0.05) is 11.9 Å². The van der Waals surface area contributed by atoms with Gasteiger partial charge in [-0.3, -0.25) is 9.69 Å². The van der Waals surface area contributed by atoms with Crippen molar-refractivity contribution in [3.05, 3.63) is 63.9 Å². The molecule has 0 atom stereocenters. The Bertz CT molecular complexity index is 971. The molecule has 1 aromatic carbocycles. The first-order valence-corrected chi connectivity index (χ1v) is 7.60. The van der Waals surface area contributed by atoms with Crippen molar-refractivity contribution >= 4 is 16.8 Å². The van der Waals surface area contributed by atoms with Crippen molar-refractivity contribution in [1.82, 2.24) is 4.90 Å². The zero-order chi connectivity index (χ0) is 16.7. The van der Waals surface area contributed by atoms with Gasteiger partial charge in [0.25, 0.3) is 0 Å². The van der Waals surface area contributed by atoms with Crippen molar-refractivity contribution in [3.63, 3.8) is 0 Å². The minimum Gasteiger partial charge on any atom is -0.478 e. The van der Waals surface area contributed by atoms with Crippen molar-refractivity contribution in [2.24, 2.45) is 0 Å². The lowest BCUT2D eigenvalue weighted by Crippen LogP contribution is -2.31. The van der Waals surface area contributed by atoms with Crippen LogP contribution in [0.1, 0.15) is 28.6 Å². The summed E-state index contributed by atoms with van der Waals surface area (Å²) in [6.45, 7) is 2.94. The largest absolute Gasteiger partial charge is 0.478 e. The average Bonchev–Trinajstić information content (AvgIpc) is 3.07. The Hall–Kier alpha value is -2.86. The summed E-state index contributed by atoms with van der Waals surface area (Å²) in [7, 11) is 0. The average molecular weight is 325 g/mol. The summed E-state index contributed by atoms with van der Waals surface area (Å²) >= 11 is 0. The van der Waals surface area contributed by atoms with Gasteiger partial charge >= 0.3 is 5.63 Å². The zero-order valence-corrected chi connectivity index (χ0v) is 13.1. The second-order valence-corrected chi connectivity index (χ2v) is 5.80. The molecule has 0 spiro atoms. The maximum atomic E-state index is 12.0. The van der Waals surface area contributed by atoms with Gasteiger partial charge in [0.2, 0.25) is 0 Å². The fourth-order valence-electron chi connectivity index (χ4n) is 2.91. The summed E-state index contributed by atoms with van der Waals surface area (Å²) in [4.78, 5) is 25.6. The molecule has 6 heteroatoms. The van der Waals surface area contributed by atoms with Gasteiger partial charge in [-0.25, -0.2) is 4.79 Å². The van der Waals surface area contributed by atoms with Crippen molar-refractivity contribution < 1.29 is 18.4 Å². The molecule has 0 N–H and O–H groups in total. The van der Waals surface area contributed by atoms with Gasteiger partial charge in [0.1, 0.15) is 29.4 Å².